The van der Waals surface area contributed by atoms with Crippen LogP contribution in [0, 0.1) is 13.8 Å². The van der Waals surface area contributed by atoms with Crippen LogP contribution in [0.3, 0.4) is 0 Å². The minimum atomic E-state index is -0.487. The number of rotatable bonds is 3. The predicted molar refractivity (Wildman–Crippen MR) is 89.5 cm³/mol. The Morgan fingerprint density at radius 2 is 2.13 bits per heavy atom. The first-order valence-corrected chi connectivity index (χ1v) is 7.62. The van der Waals surface area contributed by atoms with Gasteiger partial charge in [0, 0.05) is 15.9 Å². The van der Waals surface area contributed by atoms with Crippen molar-refractivity contribution < 1.29 is 4.79 Å². The zero-order valence-corrected chi connectivity index (χ0v) is 14.1. The number of aryl methyl sites for hydroxylation is 2. The second-order valence-corrected chi connectivity index (χ2v) is 5.86. The third kappa shape index (κ3) is 3.42. The van der Waals surface area contributed by atoms with E-state index in [1.807, 2.05) is 44.2 Å². The zero-order chi connectivity index (χ0) is 16.4. The molecule has 0 radical (unpaired) electrons. The molecular weight excluding hydrogens is 360 g/mol. The summed E-state index contributed by atoms with van der Waals surface area (Å²) in [6.45, 7) is 3.74. The van der Waals surface area contributed by atoms with Crippen LogP contribution in [0.25, 0.3) is 5.78 Å². The largest absolute Gasteiger partial charge is 0.311 e. The maximum atomic E-state index is 12.1. The minimum Gasteiger partial charge on any atom is -0.264 e. The highest BCUT2D eigenvalue weighted by molar-refractivity contribution is 9.10. The standard InChI is InChI=1S/C15H13BrN6O/c1-9-6-10(2)22-15(18-9)19-13(21-22)14(23)20-17-8-11-4-3-5-12(16)7-11/h3-8H,1-2H3,(H,20,23). The number of carbonyl (C=O) groups excluding carboxylic acids is 1. The van der Waals surface area contributed by atoms with E-state index in [4.69, 9.17) is 0 Å². The van der Waals surface area contributed by atoms with E-state index in [2.05, 4.69) is 41.5 Å². The summed E-state index contributed by atoms with van der Waals surface area (Å²) in [5.74, 6) is -0.0694. The number of hydrazone groups is 1. The number of amides is 1. The number of hydrogen-bond acceptors (Lipinski definition) is 5. The Balaban J connectivity index is 1.77. The summed E-state index contributed by atoms with van der Waals surface area (Å²) in [5, 5.41) is 8.06. The SMILES string of the molecule is Cc1cc(C)n2nc(C(=O)NN=Cc3cccc(Br)c3)nc2n1. The van der Waals surface area contributed by atoms with Crippen molar-refractivity contribution in [2.24, 2.45) is 5.10 Å². The van der Waals surface area contributed by atoms with Crippen molar-refractivity contribution in [2.75, 3.05) is 0 Å². The van der Waals surface area contributed by atoms with Gasteiger partial charge in [0.15, 0.2) is 0 Å². The van der Waals surface area contributed by atoms with Crippen LogP contribution in [0.15, 0.2) is 39.9 Å². The van der Waals surface area contributed by atoms with E-state index in [1.165, 1.54) is 4.52 Å². The van der Waals surface area contributed by atoms with E-state index in [1.54, 1.807) is 6.21 Å². The average molecular weight is 373 g/mol. The third-order valence-electron chi connectivity index (χ3n) is 3.05. The van der Waals surface area contributed by atoms with Crippen molar-refractivity contribution in [3.63, 3.8) is 0 Å². The Labute approximate surface area is 140 Å². The van der Waals surface area contributed by atoms with Gasteiger partial charge in [-0.25, -0.2) is 14.9 Å². The predicted octanol–water partition coefficient (Wildman–Crippen LogP) is 2.27. The molecule has 2 aromatic heterocycles. The molecule has 1 amide bonds. The summed E-state index contributed by atoms with van der Waals surface area (Å²) in [7, 11) is 0. The molecule has 8 heteroatoms. The summed E-state index contributed by atoms with van der Waals surface area (Å²) in [6, 6.07) is 9.42. The Morgan fingerprint density at radius 3 is 2.91 bits per heavy atom. The number of benzene rings is 1. The second kappa shape index (κ2) is 6.25. The highest BCUT2D eigenvalue weighted by atomic mass is 79.9. The fraction of sp³-hybridized carbons (Fsp3) is 0.133. The summed E-state index contributed by atoms with van der Waals surface area (Å²) < 4.78 is 2.46. The first-order valence-electron chi connectivity index (χ1n) is 6.83. The number of carbonyl (C=O) groups is 1. The average Bonchev–Trinajstić information content (AvgIpc) is 2.91. The molecule has 0 unspecified atom stereocenters. The maximum absolute atomic E-state index is 12.1. The van der Waals surface area contributed by atoms with Gasteiger partial charge in [0.2, 0.25) is 5.82 Å². The van der Waals surface area contributed by atoms with Crippen molar-refractivity contribution in [3.05, 3.63) is 57.6 Å². The van der Waals surface area contributed by atoms with Gasteiger partial charge < -0.3 is 0 Å². The molecule has 1 aromatic carbocycles. The molecule has 0 spiro atoms. The quantitative estimate of drug-likeness (QED) is 0.564. The second-order valence-electron chi connectivity index (χ2n) is 4.94. The summed E-state index contributed by atoms with van der Waals surface area (Å²) >= 11 is 3.37. The molecule has 0 fully saturated rings. The van der Waals surface area contributed by atoms with Gasteiger partial charge in [-0.1, -0.05) is 28.1 Å². The van der Waals surface area contributed by atoms with Crippen LogP contribution in [0.2, 0.25) is 0 Å². The van der Waals surface area contributed by atoms with Crippen molar-refractivity contribution in [3.8, 4) is 0 Å². The molecule has 0 aliphatic heterocycles. The molecule has 1 N–H and O–H groups in total. The first kappa shape index (κ1) is 15.3. The Bertz CT molecular complexity index is 917. The lowest BCUT2D eigenvalue weighted by atomic mass is 10.2. The molecule has 3 rings (SSSR count). The molecule has 7 nitrogen and oxygen atoms in total. The summed E-state index contributed by atoms with van der Waals surface area (Å²) in [6.07, 6.45) is 1.55. The lowest BCUT2D eigenvalue weighted by Gasteiger charge is -1.97. The van der Waals surface area contributed by atoms with Crippen LogP contribution >= 0.6 is 15.9 Å². The fourth-order valence-corrected chi connectivity index (χ4v) is 2.48. The lowest BCUT2D eigenvalue weighted by molar-refractivity contribution is 0.0945. The van der Waals surface area contributed by atoms with Crippen LogP contribution < -0.4 is 5.43 Å². The van der Waals surface area contributed by atoms with E-state index in [-0.39, 0.29) is 5.82 Å². The first-order chi connectivity index (χ1) is 11.0. The smallest absolute Gasteiger partial charge is 0.264 e. The van der Waals surface area contributed by atoms with Gasteiger partial charge in [-0.2, -0.15) is 10.1 Å². The Hall–Kier alpha value is -2.61. The Kier molecular flexibility index (Phi) is 4.16. The van der Waals surface area contributed by atoms with Crippen molar-refractivity contribution >= 4 is 33.8 Å². The van der Waals surface area contributed by atoms with Crippen LogP contribution in [0.5, 0.6) is 0 Å². The molecule has 0 saturated carbocycles. The molecular formula is C15H13BrN6O. The van der Waals surface area contributed by atoms with Gasteiger partial charge >= 0.3 is 5.91 Å². The van der Waals surface area contributed by atoms with E-state index in [0.29, 0.717) is 5.78 Å². The maximum Gasteiger partial charge on any atom is 0.311 e. The molecule has 116 valence electrons. The highest BCUT2D eigenvalue weighted by Gasteiger charge is 2.14. The van der Waals surface area contributed by atoms with E-state index >= 15 is 0 Å². The molecule has 0 saturated heterocycles. The van der Waals surface area contributed by atoms with Crippen LogP contribution in [0.4, 0.5) is 0 Å². The summed E-state index contributed by atoms with van der Waals surface area (Å²) in [4.78, 5) is 20.4. The molecule has 3 aromatic rings. The number of halogens is 1. The molecule has 0 atom stereocenters. The van der Waals surface area contributed by atoms with Crippen molar-refractivity contribution in [1.82, 2.24) is 25.0 Å². The monoisotopic (exact) mass is 372 g/mol. The molecule has 2 heterocycles. The van der Waals surface area contributed by atoms with E-state index in [9.17, 15) is 4.79 Å². The lowest BCUT2D eigenvalue weighted by Crippen LogP contribution is -2.19. The fourth-order valence-electron chi connectivity index (χ4n) is 2.06. The minimum absolute atomic E-state index is 0.0255. The number of aromatic nitrogens is 4. The number of nitrogens with zero attached hydrogens (tertiary/aromatic N) is 5. The molecule has 23 heavy (non-hydrogen) atoms. The normalized spacial score (nSPS) is 11.3. The summed E-state index contributed by atoms with van der Waals surface area (Å²) in [5.41, 5.74) is 4.95. The number of fused-ring (bicyclic) bond motifs is 1. The number of nitrogens with one attached hydrogen (secondary N) is 1. The van der Waals surface area contributed by atoms with Crippen molar-refractivity contribution in [1.29, 1.82) is 0 Å². The molecule has 0 aliphatic rings. The number of hydrogen-bond donors (Lipinski definition) is 1. The van der Waals surface area contributed by atoms with Gasteiger partial charge in [0.25, 0.3) is 5.78 Å². The van der Waals surface area contributed by atoms with Gasteiger partial charge in [-0.3, -0.25) is 4.79 Å². The van der Waals surface area contributed by atoms with E-state index in [0.717, 1.165) is 21.4 Å². The van der Waals surface area contributed by atoms with Crippen LogP contribution in [-0.4, -0.2) is 31.7 Å². The van der Waals surface area contributed by atoms with E-state index < -0.39 is 5.91 Å². The zero-order valence-electron chi connectivity index (χ0n) is 12.5. The highest BCUT2D eigenvalue weighted by Crippen LogP contribution is 2.10. The van der Waals surface area contributed by atoms with Gasteiger partial charge in [-0.05, 0) is 37.6 Å². The van der Waals surface area contributed by atoms with Crippen LogP contribution in [0.1, 0.15) is 27.6 Å². The van der Waals surface area contributed by atoms with Crippen molar-refractivity contribution in [2.45, 2.75) is 13.8 Å². The van der Waals surface area contributed by atoms with Gasteiger partial charge in [0.05, 0.1) is 6.21 Å². The van der Waals surface area contributed by atoms with Gasteiger partial charge in [-0.15, -0.1) is 5.10 Å². The molecule has 0 aliphatic carbocycles. The topological polar surface area (TPSA) is 84.5 Å². The molecule has 0 bridgehead atoms. The Morgan fingerprint density at radius 1 is 1.30 bits per heavy atom. The van der Waals surface area contributed by atoms with Gasteiger partial charge in [0.1, 0.15) is 0 Å². The third-order valence-corrected chi connectivity index (χ3v) is 3.54. The van der Waals surface area contributed by atoms with Crippen LogP contribution in [-0.2, 0) is 0 Å².